The predicted molar refractivity (Wildman–Crippen MR) is 477 cm³/mol. The maximum atomic E-state index is 10.0. The summed E-state index contributed by atoms with van der Waals surface area (Å²) >= 11 is 1.51. The maximum absolute atomic E-state index is 10.0. The molecule has 0 radical (unpaired) electrons. The lowest BCUT2D eigenvalue weighted by atomic mass is 9.34. The Labute approximate surface area is 686 Å². The molecule has 19 aromatic rings. The summed E-state index contributed by atoms with van der Waals surface area (Å²) in [7, 11) is 0. The van der Waals surface area contributed by atoms with Crippen LogP contribution < -0.4 is 26.2 Å². The highest BCUT2D eigenvalue weighted by atomic mass is 32.2. The molecule has 6 heteroatoms. The lowest BCUT2D eigenvalue weighted by Crippen LogP contribution is -2.60. The number of rotatable bonds is 11. The molecule has 532 valence electrons. The van der Waals surface area contributed by atoms with E-state index in [1.807, 2.05) is 91.0 Å². The number of fused-ring (bicyclic) bond motifs is 12. The van der Waals surface area contributed by atoms with Gasteiger partial charge in [-0.1, -0.05) is 323 Å². The van der Waals surface area contributed by atoms with Crippen LogP contribution in [0.5, 0.6) is 0 Å². The highest BCUT2D eigenvalue weighted by Crippen LogP contribution is 2.60. The number of benzene rings is 17. The van der Waals surface area contributed by atoms with Gasteiger partial charge in [0.25, 0.3) is 0 Å². The minimum absolute atomic E-state index is 0.0321. The summed E-state index contributed by atoms with van der Waals surface area (Å²) < 4.78 is 155. The van der Waals surface area contributed by atoms with E-state index in [0.717, 1.165) is 133 Å². The molecule has 5 heterocycles. The van der Waals surface area contributed by atoms with Gasteiger partial charge in [0, 0.05) is 70.9 Å². The molecule has 0 saturated carbocycles. The van der Waals surface area contributed by atoms with E-state index < -0.39 is 114 Å². The van der Waals surface area contributed by atoms with Crippen molar-refractivity contribution in [2.75, 3.05) is 9.80 Å². The van der Waals surface area contributed by atoms with Gasteiger partial charge in [0.1, 0.15) is 0 Å². The van der Waals surface area contributed by atoms with Crippen LogP contribution in [-0.4, -0.2) is 15.8 Å². The average Bonchev–Trinajstić information content (AvgIpc) is 1.67. The van der Waals surface area contributed by atoms with Gasteiger partial charge in [-0.25, -0.2) is 0 Å². The van der Waals surface area contributed by atoms with E-state index >= 15 is 0 Å². The van der Waals surface area contributed by atoms with Crippen molar-refractivity contribution in [1.29, 1.82) is 0 Å². The van der Waals surface area contributed by atoms with E-state index in [2.05, 4.69) is 243 Å². The molecular weight excluding hydrogens is 1380 g/mol. The Morgan fingerprint density at radius 3 is 1.30 bits per heavy atom. The highest BCUT2D eigenvalue weighted by molar-refractivity contribution is 8.00. The second kappa shape index (κ2) is 26.3. The molecule has 0 amide bonds. The molecule has 3 aliphatic heterocycles. The first-order chi connectivity index (χ1) is 62.3. The van der Waals surface area contributed by atoms with Crippen LogP contribution in [0.25, 0.3) is 111 Å². The SMILES string of the molecule is [2H]c1c([2H])c([2H])c2c(c1[2H])c1c([2H])c([2H])c([2H])c([2H])c1n2-c1ccc2c(c1)Sc1cc(-c3ccc4c(c3)C(c3ccccc3)(c3ccccc3)c3ccccc3N4c3ccccc3)cc3c1B2c1ccc(-n2c4c([2H])c([2H])c([2H])c([2H])c4c4c([2H])c([2H])c([2H])c([2H])c42)cc1N3c1c(-c2cccc(-c3ccccc3)c2)cc(C(C)(C)C)cc1-c1cccc(-c2ccccc2)c1. The van der Waals surface area contributed by atoms with Crippen molar-refractivity contribution < 1.29 is 21.9 Å². The zero-order chi connectivity index (χ0) is 89.0. The fourth-order valence-electron chi connectivity index (χ4n) is 18.0. The van der Waals surface area contributed by atoms with E-state index in [4.69, 9.17) is 2.74 Å². The molecule has 22 rings (SSSR count). The van der Waals surface area contributed by atoms with Gasteiger partial charge in [-0.2, -0.15) is 0 Å². The Morgan fingerprint density at radius 2 is 0.761 bits per heavy atom. The number of hydrogen-bond acceptors (Lipinski definition) is 3. The van der Waals surface area contributed by atoms with Crippen LogP contribution >= 0.6 is 11.8 Å². The molecule has 0 spiro atoms. The van der Waals surface area contributed by atoms with Gasteiger partial charge in [-0.15, -0.1) is 0 Å². The lowest BCUT2D eigenvalue weighted by Gasteiger charge is -2.46. The van der Waals surface area contributed by atoms with Gasteiger partial charge in [-0.05, 0) is 204 Å². The van der Waals surface area contributed by atoms with Gasteiger partial charge in [0.05, 0.1) is 66.5 Å². The first-order valence-corrected chi connectivity index (χ1v) is 38.8. The molecule has 4 nitrogen and oxygen atoms in total. The molecule has 2 aromatic heterocycles. The van der Waals surface area contributed by atoms with Crippen LogP contribution in [0.2, 0.25) is 0 Å². The minimum atomic E-state index is -0.966. The Bertz CT molecular complexity index is 7750. The minimum Gasteiger partial charge on any atom is -0.310 e. The molecule has 0 unspecified atom stereocenters. The van der Waals surface area contributed by atoms with Crippen molar-refractivity contribution in [3.63, 3.8) is 0 Å². The average molecular weight is 1480 g/mol. The van der Waals surface area contributed by atoms with Crippen molar-refractivity contribution in [2.24, 2.45) is 0 Å². The van der Waals surface area contributed by atoms with E-state index in [-0.39, 0.29) is 43.6 Å². The van der Waals surface area contributed by atoms with Crippen LogP contribution in [0, 0.1) is 0 Å². The molecular formula is C107H75BN4S. The van der Waals surface area contributed by atoms with Gasteiger partial charge in [0.15, 0.2) is 0 Å². The van der Waals surface area contributed by atoms with Crippen molar-refractivity contribution in [3.8, 4) is 67.0 Å². The summed E-state index contributed by atoms with van der Waals surface area (Å²) in [6.45, 7) is 5.94. The molecule has 0 N–H and O–H groups in total. The van der Waals surface area contributed by atoms with Crippen LogP contribution in [0.3, 0.4) is 0 Å². The predicted octanol–water partition coefficient (Wildman–Crippen LogP) is 26.4. The first kappa shape index (κ1) is 51.7. The van der Waals surface area contributed by atoms with Crippen molar-refractivity contribution in [1.82, 2.24) is 9.13 Å². The van der Waals surface area contributed by atoms with Crippen molar-refractivity contribution >= 4 is 113 Å². The fourth-order valence-corrected chi connectivity index (χ4v) is 19.2. The molecule has 0 fully saturated rings. The van der Waals surface area contributed by atoms with Gasteiger partial charge in [0.2, 0.25) is 6.71 Å². The van der Waals surface area contributed by atoms with Crippen LogP contribution in [-0.2, 0) is 10.8 Å². The van der Waals surface area contributed by atoms with E-state index in [0.29, 0.717) is 22.0 Å². The van der Waals surface area contributed by atoms with Gasteiger partial charge >= 0.3 is 0 Å². The summed E-state index contributed by atoms with van der Waals surface area (Å²) in [5.74, 6) is 0. The third-order valence-electron chi connectivity index (χ3n) is 23.0. The number of hydrogen-bond donors (Lipinski definition) is 0. The molecule has 0 aliphatic carbocycles. The van der Waals surface area contributed by atoms with Crippen molar-refractivity contribution in [2.45, 2.75) is 41.4 Å². The van der Waals surface area contributed by atoms with Gasteiger partial charge < -0.3 is 18.9 Å². The Kier molecular flexibility index (Phi) is 12.0. The molecule has 0 atom stereocenters. The molecule has 0 bridgehead atoms. The topological polar surface area (TPSA) is 16.3 Å². The monoisotopic (exact) mass is 1470 g/mol. The molecule has 3 aliphatic rings. The normalized spacial score (nSPS) is 15.2. The summed E-state index contributed by atoms with van der Waals surface area (Å²) in [5, 5.41) is -0.278. The smallest absolute Gasteiger partial charge is 0.249 e. The fraction of sp³-hybridized carbons (Fsp3) is 0.0467. The highest BCUT2D eigenvalue weighted by Gasteiger charge is 2.48. The van der Waals surface area contributed by atoms with Crippen molar-refractivity contribution in [3.05, 3.63) is 428 Å². The summed E-state index contributed by atoms with van der Waals surface area (Å²) in [4.78, 5) is 6.23. The molecule has 0 saturated heterocycles. The van der Waals surface area contributed by atoms with Crippen LogP contribution in [0.15, 0.2) is 410 Å². The van der Waals surface area contributed by atoms with E-state index in [1.165, 1.54) is 11.8 Å². The lowest BCUT2D eigenvalue weighted by molar-refractivity contribution is 0.591. The van der Waals surface area contributed by atoms with Gasteiger partial charge in [-0.3, -0.25) is 0 Å². The summed E-state index contributed by atoms with van der Waals surface area (Å²) in [5.41, 5.74) is 20.5. The van der Waals surface area contributed by atoms with E-state index in [1.54, 1.807) is 9.13 Å². The van der Waals surface area contributed by atoms with E-state index in [9.17, 15) is 19.2 Å². The summed E-state index contributed by atoms with van der Waals surface area (Å²) in [6.07, 6.45) is 0. The second-order valence-electron chi connectivity index (χ2n) is 30.3. The number of nitrogens with zero attached hydrogens (tertiary/aromatic N) is 4. The molecule has 17 aromatic carbocycles. The second-order valence-corrected chi connectivity index (χ2v) is 31.4. The quantitative estimate of drug-likeness (QED) is 0.120. The Morgan fingerprint density at radius 1 is 0.310 bits per heavy atom. The first-order valence-electron chi connectivity index (χ1n) is 46.0. The van der Waals surface area contributed by atoms with Crippen LogP contribution in [0.1, 0.15) is 70.5 Å². The Hall–Kier alpha value is -13.6. The largest absolute Gasteiger partial charge is 0.310 e. The molecule has 113 heavy (non-hydrogen) atoms. The maximum Gasteiger partial charge on any atom is 0.249 e. The standard InChI is InChI=1S/C107H75BN4S/c1-106(2,3)80-66-88(75-37-29-35-72(61-75)70-31-9-4-10-32-70)105(89(67-80)76-38-30-36-73(62-76)71-33-11-5-12-34-71)112-100-68-82(110-94-50-24-19-45-84(94)85-46-20-25-51-95(85)110)56-58-92(100)108-93-59-57-83(111-96-52-26-21-47-86(96)87-48-22-27-53-97(87)111)69-102(93)113-103-65-77(64-101(112)104(103)108)74-55-60-99-91(63-74)107(78-39-13-6-14-40-78,79-41-15-7-16-42-79)90-49-23-28-54-98(90)109(99)81-43-17-8-18-44-81/h4-69H,1-3H3/i19D,20D,21D,22D,24D,25D,26D,27D,45D,46D,47D,48D,50D,51D,52D,53D. The zero-order valence-electron chi connectivity index (χ0n) is 77.6. The van der Waals surface area contributed by atoms with Crippen LogP contribution in [0.4, 0.5) is 34.1 Å². The third kappa shape index (κ3) is 10.5. The zero-order valence-corrected chi connectivity index (χ0v) is 62.5. The Balaban J connectivity index is 0.915. The number of aromatic nitrogens is 2. The number of para-hydroxylation sites is 6. The number of anilines is 6. The summed E-state index contributed by atoms with van der Waals surface area (Å²) in [6, 6.07) is 97.7. The third-order valence-corrected chi connectivity index (χ3v) is 24.2.